The second-order valence-electron chi connectivity index (χ2n) is 3.30. The number of rotatable bonds is 3. The van der Waals surface area contributed by atoms with Crippen LogP contribution in [0.1, 0.15) is 12.5 Å². The van der Waals surface area contributed by atoms with Gasteiger partial charge >= 0.3 is 5.97 Å². The molecule has 0 aliphatic rings. The standard InChI is InChI=1S/C10H12O5/c1-10(14,9(12)13)6-3-7(11)5-8(4-6)15-2/h3-5,11,14H,1-2H3,(H,12,13). The number of aliphatic carboxylic acids is 1. The molecule has 1 rings (SSSR count). The minimum atomic E-state index is -2.05. The average molecular weight is 212 g/mol. The molecule has 0 spiro atoms. The highest BCUT2D eigenvalue weighted by molar-refractivity contribution is 5.78. The first-order valence-electron chi connectivity index (χ1n) is 4.22. The Morgan fingerprint density at radius 3 is 2.47 bits per heavy atom. The van der Waals surface area contributed by atoms with E-state index in [1.165, 1.54) is 25.3 Å². The van der Waals surface area contributed by atoms with Crippen LogP contribution in [0.25, 0.3) is 0 Å². The molecule has 1 aromatic carbocycles. The lowest BCUT2D eigenvalue weighted by Crippen LogP contribution is -2.31. The van der Waals surface area contributed by atoms with E-state index in [1.807, 2.05) is 0 Å². The van der Waals surface area contributed by atoms with Crippen LogP contribution in [0.2, 0.25) is 0 Å². The summed E-state index contributed by atoms with van der Waals surface area (Å²) in [5.41, 5.74) is -1.99. The van der Waals surface area contributed by atoms with Gasteiger partial charge in [0.25, 0.3) is 0 Å². The summed E-state index contributed by atoms with van der Waals surface area (Å²) < 4.78 is 4.85. The number of methoxy groups -OCH3 is 1. The van der Waals surface area contributed by atoms with Gasteiger partial charge in [-0.1, -0.05) is 0 Å². The van der Waals surface area contributed by atoms with Gasteiger partial charge in [0.15, 0.2) is 5.60 Å². The molecule has 0 saturated heterocycles. The number of hydrogen-bond donors (Lipinski definition) is 3. The molecule has 0 aliphatic carbocycles. The summed E-state index contributed by atoms with van der Waals surface area (Å²) in [5, 5.41) is 27.7. The fourth-order valence-electron chi connectivity index (χ4n) is 1.11. The van der Waals surface area contributed by atoms with E-state index < -0.39 is 11.6 Å². The van der Waals surface area contributed by atoms with Gasteiger partial charge in [-0.05, 0) is 19.1 Å². The highest BCUT2D eigenvalue weighted by Crippen LogP contribution is 2.29. The first kappa shape index (κ1) is 11.3. The number of ether oxygens (including phenoxy) is 1. The molecule has 3 N–H and O–H groups in total. The zero-order valence-electron chi connectivity index (χ0n) is 8.39. The van der Waals surface area contributed by atoms with E-state index in [0.717, 1.165) is 6.92 Å². The van der Waals surface area contributed by atoms with Crippen LogP contribution in [-0.2, 0) is 10.4 Å². The molecular weight excluding hydrogens is 200 g/mol. The largest absolute Gasteiger partial charge is 0.508 e. The minimum absolute atomic E-state index is 0.0619. The van der Waals surface area contributed by atoms with Gasteiger partial charge in [0.2, 0.25) is 0 Å². The van der Waals surface area contributed by atoms with Crippen LogP contribution >= 0.6 is 0 Å². The van der Waals surface area contributed by atoms with Gasteiger partial charge in [-0.15, -0.1) is 0 Å². The molecule has 0 radical (unpaired) electrons. The number of phenols is 1. The van der Waals surface area contributed by atoms with Crippen LogP contribution < -0.4 is 4.74 Å². The molecule has 0 amide bonds. The Balaban J connectivity index is 3.25. The Hall–Kier alpha value is -1.75. The van der Waals surface area contributed by atoms with Gasteiger partial charge in [0, 0.05) is 11.6 Å². The number of carboxylic acids is 1. The molecule has 5 nitrogen and oxygen atoms in total. The smallest absolute Gasteiger partial charge is 0.340 e. The zero-order valence-corrected chi connectivity index (χ0v) is 8.39. The maximum atomic E-state index is 10.8. The van der Waals surface area contributed by atoms with Gasteiger partial charge in [0.05, 0.1) is 7.11 Å². The van der Waals surface area contributed by atoms with E-state index in [4.69, 9.17) is 9.84 Å². The van der Waals surface area contributed by atoms with Gasteiger partial charge in [-0.3, -0.25) is 0 Å². The molecule has 0 aliphatic heterocycles. The van der Waals surface area contributed by atoms with Crippen LogP contribution in [0.4, 0.5) is 0 Å². The monoisotopic (exact) mass is 212 g/mol. The summed E-state index contributed by atoms with van der Waals surface area (Å²) in [7, 11) is 1.38. The third-order valence-corrected chi connectivity index (χ3v) is 2.11. The molecule has 1 atom stereocenters. The number of hydrogen-bond acceptors (Lipinski definition) is 4. The van der Waals surface area contributed by atoms with Crippen molar-refractivity contribution in [2.45, 2.75) is 12.5 Å². The third-order valence-electron chi connectivity index (χ3n) is 2.11. The van der Waals surface area contributed by atoms with E-state index in [-0.39, 0.29) is 17.1 Å². The number of benzene rings is 1. The minimum Gasteiger partial charge on any atom is -0.508 e. The second kappa shape index (κ2) is 3.78. The van der Waals surface area contributed by atoms with Crippen molar-refractivity contribution in [3.05, 3.63) is 23.8 Å². The van der Waals surface area contributed by atoms with Crippen molar-refractivity contribution < 1.29 is 24.9 Å². The molecule has 0 bridgehead atoms. The Bertz CT molecular complexity index is 383. The summed E-state index contributed by atoms with van der Waals surface area (Å²) in [5.74, 6) is -1.27. The Labute approximate surface area is 86.5 Å². The van der Waals surface area contributed by atoms with E-state index in [1.54, 1.807) is 0 Å². The SMILES string of the molecule is COc1cc(O)cc(C(C)(O)C(=O)O)c1. The van der Waals surface area contributed by atoms with Crippen molar-refractivity contribution in [3.8, 4) is 11.5 Å². The molecule has 5 heteroatoms. The van der Waals surface area contributed by atoms with Crippen molar-refractivity contribution in [3.63, 3.8) is 0 Å². The summed E-state index contributed by atoms with van der Waals surface area (Å²) >= 11 is 0. The van der Waals surface area contributed by atoms with E-state index in [9.17, 15) is 15.0 Å². The molecule has 0 fully saturated rings. The first-order valence-corrected chi connectivity index (χ1v) is 4.22. The van der Waals surface area contributed by atoms with E-state index in [2.05, 4.69) is 0 Å². The molecule has 0 heterocycles. The second-order valence-corrected chi connectivity index (χ2v) is 3.30. The van der Waals surface area contributed by atoms with Crippen molar-refractivity contribution in [2.24, 2.45) is 0 Å². The molecule has 15 heavy (non-hydrogen) atoms. The van der Waals surface area contributed by atoms with Gasteiger partial charge in [0.1, 0.15) is 11.5 Å². The van der Waals surface area contributed by atoms with Crippen molar-refractivity contribution in [2.75, 3.05) is 7.11 Å². The predicted octanol–water partition coefficient (Wildman–Crippen LogP) is 0.693. The highest BCUT2D eigenvalue weighted by Gasteiger charge is 2.33. The highest BCUT2D eigenvalue weighted by atomic mass is 16.5. The van der Waals surface area contributed by atoms with Gasteiger partial charge < -0.3 is 20.1 Å². The Morgan fingerprint density at radius 2 is 2.00 bits per heavy atom. The third kappa shape index (κ3) is 2.19. The number of carbonyl (C=O) groups is 1. The molecule has 0 saturated carbocycles. The van der Waals surface area contributed by atoms with Crippen molar-refractivity contribution >= 4 is 5.97 Å². The normalized spacial score (nSPS) is 14.3. The van der Waals surface area contributed by atoms with Crippen LogP contribution in [0.3, 0.4) is 0 Å². The first-order chi connectivity index (χ1) is 6.87. The Morgan fingerprint density at radius 1 is 1.40 bits per heavy atom. The zero-order chi connectivity index (χ0) is 11.6. The van der Waals surface area contributed by atoms with Crippen LogP contribution in [0.5, 0.6) is 11.5 Å². The lowest BCUT2D eigenvalue weighted by molar-refractivity contribution is -0.157. The van der Waals surface area contributed by atoms with Crippen molar-refractivity contribution in [1.82, 2.24) is 0 Å². The fraction of sp³-hybridized carbons (Fsp3) is 0.300. The van der Waals surface area contributed by atoms with Gasteiger partial charge in [-0.25, -0.2) is 4.79 Å². The maximum absolute atomic E-state index is 10.8. The van der Waals surface area contributed by atoms with Crippen molar-refractivity contribution in [1.29, 1.82) is 0 Å². The molecular formula is C10H12O5. The summed E-state index contributed by atoms with van der Waals surface area (Å²) in [6.45, 7) is 1.13. The fourth-order valence-corrected chi connectivity index (χ4v) is 1.11. The van der Waals surface area contributed by atoms with Crippen LogP contribution in [0.15, 0.2) is 18.2 Å². The molecule has 82 valence electrons. The molecule has 1 aromatic rings. The topological polar surface area (TPSA) is 87.0 Å². The summed E-state index contributed by atoms with van der Waals surface area (Å²) in [6.07, 6.45) is 0. The summed E-state index contributed by atoms with van der Waals surface area (Å²) in [6, 6.07) is 3.85. The number of aromatic hydroxyl groups is 1. The van der Waals surface area contributed by atoms with E-state index >= 15 is 0 Å². The maximum Gasteiger partial charge on any atom is 0.340 e. The number of phenolic OH excluding ortho intramolecular Hbond substituents is 1. The lowest BCUT2D eigenvalue weighted by atomic mass is 9.96. The lowest BCUT2D eigenvalue weighted by Gasteiger charge is -2.19. The molecule has 0 aromatic heterocycles. The van der Waals surface area contributed by atoms with Crippen LogP contribution in [-0.4, -0.2) is 28.4 Å². The Kier molecular flexibility index (Phi) is 2.85. The van der Waals surface area contributed by atoms with Crippen LogP contribution in [0, 0.1) is 0 Å². The van der Waals surface area contributed by atoms with Gasteiger partial charge in [-0.2, -0.15) is 0 Å². The summed E-state index contributed by atoms with van der Waals surface area (Å²) in [4.78, 5) is 10.8. The number of aliphatic hydroxyl groups is 1. The molecule has 1 unspecified atom stereocenters. The quantitative estimate of drug-likeness (QED) is 0.686. The van der Waals surface area contributed by atoms with E-state index in [0.29, 0.717) is 0 Å². The average Bonchev–Trinajstić information content (AvgIpc) is 2.16. The predicted molar refractivity (Wildman–Crippen MR) is 51.9 cm³/mol. The number of carboxylic acid groups (broad SMARTS) is 1.